The van der Waals surface area contributed by atoms with E-state index < -0.39 is 5.97 Å². The zero-order valence-corrected chi connectivity index (χ0v) is 18.9. The van der Waals surface area contributed by atoms with E-state index in [0.29, 0.717) is 44.3 Å². The standard InChI is InChI=1S/C23H22ClNO5S/c1-4-29-18-13-16(24)14(11-17(18)28-3)12-19-21(26)20(23(27)30-5-2)22(31-19)25-15-9-7-6-8-10-15/h6-13,26H,4-5H2,1-3H3/b19-12-,25-22?. The molecule has 0 saturated carbocycles. The number of aliphatic hydroxyl groups excluding tert-OH is 1. The van der Waals surface area contributed by atoms with Crippen LogP contribution in [0, 0.1) is 0 Å². The molecule has 0 spiro atoms. The summed E-state index contributed by atoms with van der Waals surface area (Å²) in [5.41, 5.74) is 1.28. The van der Waals surface area contributed by atoms with Gasteiger partial charge in [0.05, 0.1) is 35.9 Å². The van der Waals surface area contributed by atoms with Crippen LogP contribution in [0.25, 0.3) is 6.08 Å². The van der Waals surface area contributed by atoms with Gasteiger partial charge in [-0.25, -0.2) is 9.79 Å². The lowest BCUT2D eigenvalue weighted by atomic mass is 10.1. The lowest BCUT2D eigenvalue weighted by Gasteiger charge is -2.11. The molecule has 6 nitrogen and oxygen atoms in total. The van der Waals surface area contributed by atoms with Crippen LogP contribution >= 0.6 is 23.4 Å². The molecule has 1 N–H and O–H groups in total. The van der Waals surface area contributed by atoms with Crippen molar-refractivity contribution in [2.75, 3.05) is 20.3 Å². The van der Waals surface area contributed by atoms with Crippen LogP contribution in [-0.4, -0.2) is 36.4 Å². The van der Waals surface area contributed by atoms with Gasteiger partial charge in [0.15, 0.2) is 11.5 Å². The Labute approximate surface area is 190 Å². The van der Waals surface area contributed by atoms with Crippen LogP contribution in [0.3, 0.4) is 0 Å². The molecular weight excluding hydrogens is 438 g/mol. The summed E-state index contributed by atoms with van der Waals surface area (Å²) in [6.45, 7) is 4.22. The quantitative estimate of drug-likeness (QED) is 0.516. The molecule has 0 atom stereocenters. The molecule has 0 aromatic heterocycles. The van der Waals surface area contributed by atoms with Gasteiger partial charge in [0.2, 0.25) is 0 Å². The second-order valence-electron chi connectivity index (χ2n) is 6.26. The summed E-state index contributed by atoms with van der Waals surface area (Å²) in [7, 11) is 1.54. The number of thioether (sulfide) groups is 1. The Kier molecular flexibility index (Phi) is 7.65. The van der Waals surface area contributed by atoms with E-state index in [1.54, 1.807) is 25.1 Å². The maximum Gasteiger partial charge on any atom is 0.344 e. The molecule has 0 aliphatic carbocycles. The summed E-state index contributed by atoms with van der Waals surface area (Å²) in [5, 5.41) is 11.6. The predicted molar refractivity (Wildman–Crippen MR) is 125 cm³/mol. The fourth-order valence-electron chi connectivity index (χ4n) is 2.84. The average molecular weight is 460 g/mol. The molecule has 0 fully saturated rings. The van der Waals surface area contributed by atoms with Gasteiger partial charge < -0.3 is 19.3 Å². The van der Waals surface area contributed by atoms with Gasteiger partial charge >= 0.3 is 5.97 Å². The molecule has 0 amide bonds. The molecule has 3 rings (SSSR count). The summed E-state index contributed by atoms with van der Waals surface area (Å²) >= 11 is 7.59. The molecule has 2 aromatic carbocycles. The van der Waals surface area contributed by atoms with Gasteiger partial charge in [0.25, 0.3) is 0 Å². The Morgan fingerprint density at radius 2 is 1.90 bits per heavy atom. The van der Waals surface area contributed by atoms with E-state index in [0.717, 1.165) is 11.8 Å². The molecule has 0 unspecified atom stereocenters. The second kappa shape index (κ2) is 10.4. The van der Waals surface area contributed by atoms with Crippen molar-refractivity contribution in [3.05, 3.63) is 69.3 Å². The number of carbonyl (C=O) groups excluding carboxylic acids is 1. The molecule has 0 radical (unpaired) electrons. The van der Waals surface area contributed by atoms with Crippen molar-refractivity contribution in [3.8, 4) is 11.5 Å². The lowest BCUT2D eigenvalue weighted by Crippen LogP contribution is -2.12. The van der Waals surface area contributed by atoms with Crippen LogP contribution in [0.4, 0.5) is 5.69 Å². The first-order valence-corrected chi connectivity index (χ1v) is 10.8. The number of nitrogens with zero attached hydrogens (tertiary/aromatic N) is 1. The summed E-state index contributed by atoms with van der Waals surface area (Å²) in [6, 6.07) is 12.5. The number of methoxy groups -OCH3 is 1. The highest BCUT2D eigenvalue weighted by Crippen LogP contribution is 2.42. The maximum atomic E-state index is 12.5. The Morgan fingerprint density at radius 3 is 2.55 bits per heavy atom. The average Bonchev–Trinajstić information content (AvgIpc) is 3.05. The van der Waals surface area contributed by atoms with E-state index in [2.05, 4.69) is 4.99 Å². The first kappa shape index (κ1) is 22.8. The maximum absolute atomic E-state index is 12.5. The highest BCUT2D eigenvalue weighted by molar-refractivity contribution is 8.18. The fraction of sp³-hybridized carbons (Fsp3) is 0.217. The Balaban J connectivity index is 2.06. The van der Waals surface area contributed by atoms with Gasteiger partial charge in [-0.2, -0.15) is 0 Å². The summed E-state index contributed by atoms with van der Waals surface area (Å²) in [4.78, 5) is 17.5. The van der Waals surface area contributed by atoms with Gasteiger partial charge in [-0.1, -0.05) is 41.6 Å². The normalized spacial score (nSPS) is 16.1. The molecule has 0 bridgehead atoms. The number of esters is 1. The number of ether oxygens (including phenoxy) is 3. The minimum atomic E-state index is -0.638. The van der Waals surface area contributed by atoms with Crippen molar-refractivity contribution < 1.29 is 24.1 Å². The number of hydrogen-bond donors (Lipinski definition) is 1. The van der Waals surface area contributed by atoms with E-state index in [1.807, 2.05) is 37.3 Å². The third-order valence-electron chi connectivity index (χ3n) is 4.23. The van der Waals surface area contributed by atoms with Crippen LogP contribution < -0.4 is 9.47 Å². The lowest BCUT2D eigenvalue weighted by molar-refractivity contribution is -0.138. The Hall–Kier alpha value is -2.90. The highest BCUT2D eigenvalue weighted by atomic mass is 35.5. The van der Waals surface area contributed by atoms with E-state index in [4.69, 9.17) is 25.8 Å². The fourth-order valence-corrected chi connectivity index (χ4v) is 4.08. The van der Waals surface area contributed by atoms with Gasteiger partial charge in [-0.15, -0.1) is 0 Å². The van der Waals surface area contributed by atoms with Gasteiger partial charge in [0.1, 0.15) is 16.4 Å². The number of benzene rings is 2. The first-order valence-electron chi connectivity index (χ1n) is 9.63. The van der Waals surface area contributed by atoms with Crippen molar-refractivity contribution in [2.24, 2.45) is 4.99 Å². The number of aliphatic hydroxyl groups is 1. The van der Waals surface area contributed by atoms with Crippen molar-refractivity contribution in [2.45, 2.75) is 13.8 Å². The molecule has 31 heavy (non-hydrogen) atoms. The third kappa shape index (κ3) is 5.24. The zero-order valence-electron chi connectivity index (χ0n) is 17.3. The molecule has 8 heteroatoms. The van der Waals surface area contributed by atoms with Crippen LogP contribution in [0.1, 0.15) is 19.4 Å². The summed E-state index contributed by atoms with van der Waals surface area (Å²) in [6.07, 6.45) is 1.67. The number of rotatable bonds is 7. The summed E-state index contributed by atoms with van der Waals surface area (Å²) in [5.74, 6) is 0.186. The third-order valence-corrected chi connectivity index (χ3v) is 5.57. The van der Waals surface area contributed by atoms with Crippen molar-refractivity contribution in [1.29, 1.82) is 0 Å². The number of para-hydroxylation sites is 1. The van der Waals surface area contributed by atoms with Crippen molar-refractivity contribution >= 4 is 46.1 Å². The van der Waals surface area contributed by atoms with E-state index >= 15 is 0 Å². The van der Waals surface area contributed by atoms with Crippen LogP contribution in [0.2, 0.25) is 5.02 Å². The molecule has 1 heterocycles. The number of carbonyl (C=O) groups is 1. The van der Waals surface area contributed by atoms with Crippen molar-refractivity contribution in [1.82, 2.24) is 0 Å². The minimum absolute atomic E-state index is 0.0241. The highest BCUT2D eigenvalue weighted by Gasteiger charge is 2.33. The predicted octanol–water partition coefficient (Wildman–Crippen LogP) is 5.94. The number of hydrogen-bond acceptors (Lipinski definition) is 7. The first-order chi connectivity index (χ1) is 15.0. The van der Waals surface area contributed by atoms with E-state index in [-0.39, 0.29) is 17.9 Å². The van der Waals surface area contributed by atoms with Gasteiger partial charge in [-0.05, 0) is 43.7 Å². The Bertz CT molecular complexity index is 1060. The summed E-state index contributed by atoms with van der Waals surface area (Å²) < 4.78 is 16.0. The van der Waals surface area contributed by atoms with Gasteiger partial charge in [0, 0.05) is 6.07 Å². The van der Waals surface area contributed by atoms with Gasteiger partial charge in [-0.3, -0.25) is 0 Å². The minimum Gasteiger partial charge on any atom is -0.506 e. The second-order valence-corrected chi connectivity index (χ2v) is 7.70. The monoisotopic (exact) mass is 459 g/mol. The molecule has 0 saturated heterocycles. The molecule has 1 aliphatic rings. The number of aliphatic imine (C=N–C) groups is 1. The molecular formula is C23H22ClNO5S. The number of halogens is 1. The zero-order chi connectivity index (χ0) is 22.4. The molecule has 162 valence electrons. The smallest absolute Gasteiger partial charge is 0.344 e. The van der Waals surface area contributed by atoms with E-state index in [9.17, 15) is 9.90 Å². The SMILES string of the molecule is CCOC(=O)C1=C(O)/C(=C/c2cc(OC)c(OCC)cc2Cl)SC1=Nc1ccccc1. The van der Waals surface area contributed by atoms with Crippen LogP contribution in [-0.2, 0) is 9.53 Å². The molecule has 2 aromatic rings. The topological polar surface area (TPSA) is 77.4 Å². The Morgan fingerprint density at radius 1 is 1.16 bits per heavy atom. The van der Waals surface area contributed by atoms with E-state index in [1.165, 1.54) is 7.11 Å². The van der Waals surface area contributed by atoms with Crippen LogP contribution in [0.5, 0.6) is 11.5 Å². The van der Waals surface area contributed by atoms with Crippen LogP contribution in [0.15, 0.2) is 63.7 Å². The largest absolute Gasteiger partial charge is 0.506 e. The molecule has 1 aliphatic heterocycles. The van der Waals surface area contributed by atoms with Crippen molar-refractivity contribution in [3.63, 3.8) is 0 Å².